The lowest BCUT2D eigenvalue weighted by Crippen LogP contribution is -2.56. The van der Waals surface area contributed by atoms with Gasteiger partial charge in [-0.05, 0) is 53.1 Å². The van der Waals surface area contributed by atoms with E-state index in [-0.39, 0.29) is 34.5 Å². The van der Waals surface area contributed by atoms with E-state index in [1.165, 1.54) is 0 Å². The second kappa shape index (κ2) is 6.25. The van der Waals surface area contributed by atoms with E-state index in [9.17, 15) is 15.0 Å². The van der Waals surface area contributed by atoms with E-state index in [2.05, 4.69) is 13.8 Å². The molecule has 0 aliphatic heterocycles. The van der Waals surface area contributed by atoms with Crippen LogP contribution in [0.2, 0.25) is 5.02 Å². The molecule has 3 unspecified atom stereocenters. The number of ketones is 1. The molecular weight excluding hydrogens is 372 g/mol. The maximum absolute atomic E-state index is 12.5. The minimum Gasteiger partial charge on any atom is -0.508 e. The molecule has 3 saturated carbocycles. The van der Waals surface area contributed by atoms with Gasteiger partial charge in [0.05, 0.1) is 0 Å². The van der Waals surface area contributed by atoms with Crippen molar-refractivity contribution in [1.29, 1.82) is 0 Å². The molecular formula is C24H27ClO3. The van der Waals surface area contributed by atoms with Crippen LogP contribution in [-0.4, -0.2) is 16.0 Å². The molecule has 0 spiro atoms. The molecule has 3 atom stereocenters. The Morgan fingerprint density at radius 1 is 1.04 bits per heavy atom. The van der Waals surface area contributed by atoms with Crippen molar-refractivity contribution in [2.75, 3.05) is 0 Å². The minimum atomic E-state index is -0.415. The van der Waals surface area contributed by atoms with Gasteiger partial charge in [0.15, 0.2) is 0 Å². The third kappa shape index (κ3) is 2.75. The van der Waals surface area contributed by atoms with E-state index >= 15 is 0 Å². The molecule has 0 amide bonds. The van der Waals surface area contributed by atoms with Crippen LogP contribution in [0.4, 0.5) is 0 Å². The Balaban J connectivity index is 1.73. The zero-order valence-electron chi connectivity index (χ0n) is 16.8. The second-order valence-electron chi connectivity index (χ2n) is 9.55. The lowest BCUT2D eigenvalue weighted by atomic mass is 9.44. The fourth-order valence-corrected chi connectivity index (χ4v) is 5.52. The number of Topliss-reactive ketones (excluding diaryl/α,β-unsaturated/α-hetero) is 1. The average molecular weight is 399 g/mol. The summed E-state index contributed by atoms with van der Waals surface area (Å²) in [5, 5.41) is 22.4. The van der Waals surface area contributed by atoms with Crippen molar-refractivity contribution >= 4 is 17.4 Å². The number of fused-ring (bicyclic) bond motifs is 2. The molecule has 0 saturated heterocycles. The maximum Gasteiger partial charge on any atom is 0.137 e. The second-order valence-corrected chi connectivity index (χ2v) is 9.99. The highest BCUT2D eigenvalue weighted by Gasteiger charge is 2.59. The van der Waals surface area contributed by atoms with E-state index in [4.69, 9.17) is 11.6 Å². The summed E-state index contributed by atoms with van der Waals surface area (Å²) >= 11 is 6.01. The molecule has 0 radical (unpaired) electrons. The van der Waals surface area contributed by atoms with Crippen molar-refractivity contribution in [2.24, 2.45) is 17.3 Å². The van der Waals surface area contributed by atoms with Gasteiger partial charge in [-0.2, -0.15) is 0 Å². The van der Waals surface area contributed by atoms with E-state index in [0.717, 1.165) is 17.5 Å². The van der Waals surface area contributed by atoms with Crippen LogP contribution in [0.1, 0.15) is 63.1 Å². The molecule has 0 heterocycles. The van der Waals surface area contributed by atoms with Crippen LogP contribution in [0.25, 0.3) is 0 Å². The summed E-state index contributed by atoms with van der Waals surface area (Å²) < 4.78 is 0. The zero-order valence-corrected chi connectivity index (χ0v) is 17.5. The lowest BCUT2D eigenvalue weighted by Gasteiger charge is -2.59. The predicted molar refractivity (Wildman–Crippen MR) is 111 cm³/mol. The molecule has 5 rings (SSSR count). The summed E-state index contributed by atoms with van der Waals surface area (Å²) in [5.74, 6) is 0.720. The van der Waals surface area contributed by atoms with Gasteiger partial charge in [-0.25, -0.2) is 0 Å². The summed E-state index contributed by atoms with van der Waals surface area (Å²) in [6, 6.07) is 11.1. The van der Waals surface area contributed by atoms with Crippen molar-refractivity contribution < 1.29 is 15.0 Å². The molecule has 3 aliphatic rings. The molecule has 3 aliphatic carbocycles. The Bertz CT molecular complexity index is 920. The highest BCUT2D eigenvalue weighted by Crippen LogP contribution is 2.64. The van der Waals surface area contributed by atoms with Gasteiger partial charge in [-0.1, -0.05) is 51.4 Å². The van der Waals surface area contributed by atoms with Crippen LogP contribution in [0, 0.1) is 17.3 Å². The molecule has 3 fully saturated rings. The molecule has 0 aromatic heterocycles. The van der Waals surface area contributed by atoms with Crippen LogP contribution in [0.3, 0.4) is 0 Å². The number of aromatic hydroxyl groups is 2. The number of carbonyl (C=O) groups excluding carboxylic acids is 1. The molecule has 3 nitrogen and oxygen atoms in total. The lowest BCUT2D eigenvalue weighted by molar-refractivity contribution is -0.151. The maximum atomic E-state index is 12.5. The first-order chi connectivity index (χ1) is 13.0. The first-order valence-electron chi connectivity index (χ1n) is 9.88. The van der Waals surface area contributed by atoms with Crippen molar-refractivity contribution in [3.63, 3.8) is 0 Å². The summed E-state index contributed by atoms with van der Waals surface area (Å²) in [6.07, 6.45) is 1.26. The topological polar surface area (TPSA) is 57.5 Å². The Morgan fingerprint density at radius 3 is 2.11 bits per heavy atom. The Hall–Kier alpha value is -2.00. The number of hydrogen-bond donors (Lipinski definition) is 2. The first-order valence-corrected chi connectivity index (χ1v) is 10.3. The van der Waals surface area contributed by atoms with Crippen LogP contribution >= 0.6 is 11.6 Å². The van der Waals surface area contributed by atoms with Gasteiger partial charge < -0.3 is 10.2 Å². The summed E-state index contributed by atoms with van der Waals surface area (Å²) in [4.78, 5) is 12.5. The minimum absolute atomic E-state index is 0.0693. The molecule has 148 valence electrons. The van der Waals surface area contributed by atoms with Gasteiger partial charge in [-0.3, -0.25) is 4.79 Å². The van der Waals surface area contributed by atoms with Crippen LogP contribution in [0.15, 0.2) is 36.4 Å². The van der Waals surface area contributed by atoms with E-state index in [1.807, 2.05) is 38.1 Å². The van der Waals surface area contributed by atoms with Crippen molar-refractivity contribution in [3.8, 4) is 11.5 Å². The number of hydrogen-bond acceptors (Lipinski definition) is 3. The number of benzene rings is 2. The van der Waals surface area contributed by atoms with E-state index in [0.29, 0.717) is 22.9 Å². The van der Waals surface area contributed by atoms with Gasteiger partial charge in [-0.15, -0.1) is 0 Å². The van der Waals surface area contributed by atoms with Crippen LogP contribution < -0.4 is 0 Å². The van der Waals surface area contributed by atoms with Gasteiger partial charge >= 0.3 is 0 Å². The number of phenolic OH excluding ortho intramolecular Hbond substituents is 2. The number of halogens is 1. The Morgan fingerprint density at radius 2 is 1.61 bits per heavy atom. The van der Waals surface area contributed by atoms with Gasteiger partial charge in [0.25, 0.3) is 0 Å². The Kier molecular flexibility index (Phi) is 4.31. The van der Waals surface area contributed by atoms with Crippen molar-refractivity contribution in [2.45, 2.75) is 51.9 Å². The monoisotopic (exact) mass is 398 g/mol. The Labute approximate surface area is 171 Å². The molecule has 2 bridgehead atoms. The molecule has 2 aromatic carbocycles. The number of carbonyl (C=O) groups is 1. The molecule has 28 heavy (non-hydrogen) atoms. The van der Waals surface area contributed by atoms with Gasteiger partial charge in [0.2, 0.25) is 0 Å². The fraction of sp³-hybridized carbons (Fsp3) is 0.458. The largest absolute Gasteiger partial charge is 0.508 e. The summed E-state index contributed by atoms with van der Waals surface area (Å²) in [6.45, 7) is 8.35. The van der Waals surface area contributed by atoms with E-state index < -0.39 is 5.41 Å². The quantitative estimate of drug-likeness (QED) is 0.687. The van der Waals surface area contributed by atoms with Crippen molar-refractivity contribution in [1.82, 2.24) is 0 Å². The highest BCUT2D eigenvalue weighted by atomic mass is 35.5. The molecule has 4 heteroatoms. The van der Waals surface area contributed by atoms with Crippen LogP contribution in [-0.2, 0) is 10.2 Å². The van der Waals surface area contributed by atoms with Gasteiger partial charge in [0.1, 0.15) is 17.3 Å². The fourth-order valence-electron chi connectivity index (χ4n) is 5.39. The van der Waals surface area contributed by atoms with Gasteiger partial charge in [0, 0.05) is 34.3 Å². The predicted octanol–water partition coefficient (Wildman–Crippen LogP) is 5.80. The normalized spacial score (nSPS) is 26.0. The number of phenols is 2. The summed E-state index contributed by atoms with van der Waals surface area (Å²) in [7, 11) is 0. The molecule has 2 N–H and O–H groups in total. The smallest absolute Gasteiger partial charge is 0.137 e. The third-order valence-electron chi connectivity index (χ3n) is 7.43. The van der Waals surface area contributed by atoms with Crippen molar-refractivity contribution in [3.05, 3.63) is 58.1 Å². The standard InChI is InChI=1S/C24H27ClO3/c1-23(2,13-5-7-15(25)8-6-13)14-9-20(27)22(21(28)10-14)16-11-19(26)18-12-17(16)24(18,3)4/h5-10,16-18,27-28H,11-12H2,1-4H3. The summed E-state index contributed by atoms with van der Waals surface area (Å²) in [5.41, 5.74) is 1.91. The first kappa shape index (κ1) is 19.3. The average Bonchev–Trinajstić information content (AvgIpc) is 2.60. The molecule has 2 aromatic rings. The highest BCUT2D eigenvalue weighted by molar-refractivity contribution is 6.30. The zero-order chi connectivity index (χ0) is 20.4. The van der Waals surface area contributed by atoms with E-state index in [1.54, 1.807) is 12.1 Å². The third-order valence-corrected chi connectivity index (χ3v) is 7.69. The van der Waals surface area contributed by atoms with Crippen LogP contribution in [0.5, 0.6) is 11.5 Å². The SMILES string of the molecule is CC(C)(c1ccc(Cl)cc1)c1cc(O)c(C2CC(=O)C3CC2C3(C)C)c(O)c1. The number of rotatable bonds is 3.